The minimum absolute atomic E-state index is 0.0305. The molecule has 0 aromatic rings. The predicted octanol–water partition coefficient (Wildman–Crippen LogP) is -0.806. The lowest BCUT2D eigenvalue weighted by molar-refractivity contribution is -0.133. The molecule has 1 heterocycles. The van der Waals surface area contributed by atoms with Gasteiger partial charge in [0.2, 0.25) is 5.91 Å². The number of amides is 1. The summed E-state index contributed by atoms with van der Waals surface area (Å²) >= 11 is 0. The van der Waals surface area contributed by atoms with Crippen LogP contribution >= 0.6 is 11.0 Å². The van der Waals surface area contributed by atoms with E-state index in [1.807, 2.05) is 4.31 Å². The van der Waals surface area contributed by atoms with Crippen molar-refractivity contribution in [2.45, 2.75) is 13.0 Å². The van der Waals surface area contributed by atoms with Crippen molar-refractivity contribution >= 4 is 16.9 Å². The van der Waals surface area contributed by atoms with E-state index in [2.05, 4.69) is 0 Å². The Hall–Kier alpha value is -0.380. The van der Waals surface area contributed by atoms with Crippen LogP contribution < -0.4 is 10.9 Å². The van der Waals surface area contributed by atoms with Crippen LogP contribution in [0.2, 0.25) is 0 Å². The minimum atomic E-state index is -2.12. The maximum Gasteiger partial charge on any atom is 0.239 e. The van der Waals surface area contributed by atoms with Crippen LogP contribution in [0.1, 0.15) is 6.92 Å². The molecule has 1 aliphatic heterocycles. The van der Waals surface area contributed by atoms with Crippen LogP contribution in [0.25, 0.3) is 0 Å². The van der Waals surface area contributed by atoms with E-state index in [-0.39, 0.29) is 5.91 Å². The number of nitrogens with two attached hydrogens (primary N) is 2. The molecule has 1 aliphatic rings. The van der Waals surface area contributed by atoms with Crippen LogP contribution in [-0.4, -0.2) is 61.6 Å². The van der Waals surface area contributed by atoms with E-state index < -0.39 is 17.0 Å². The zero-order valence-corrected chi connectivity index (χ0v) is 11.4. The van der Waals surface area contributed by atoms with Gasteiger partial charge in [0, 0.05) is 26.2 Å². The molecule has 0 aliphatic carbocycles. The van der Waals surface area contributed by atoms with Crippen molar-refractivity contribution in [1.82, 2.24) is 9.21 Å². The summed E-state index contributed by atoms with van der Waals surface area (Å²) in [5, 5.41) is 5.99. The van der Waals surface area contributed by atoms with Crippen LogP contribution in [-0.2, 0) is 13.2 Å². The van der Waals surface area contributed by atoms with Crippen molar-refractivity contribution in [2.75, 3.05) is 40.4 Å². The van der Waals surface area contributed by atoms with E-state index in [9.17, 15) is 4.79 Å². The maximum absolute atomic E-state index is 11.7. The monoisotopic (exact) mass is 266 g/mol. The molecular formula is C9H22N4O3S. The molecule has 1 rings (SSSR count). The second kappa shape index (κ2) is 5.98. The number of hydrogen-bond acceptors (Lipinski definition) is 6. The van der Waals surface area contributed by atoms with Crippen LogP contribution in [0, 0.1) is 0 Å². The number of piperazine rings is 1. The fraction of sp³-hybridized carbons (Fsp3) is 0.889. The highest BCUT2D eigenvalue weighted by atomic mass is 32.3. The highest BCUT2D eigenvalue weighted by molar-refractivity contribution is 8.21. The first-order valence-electron chi connectivity index (χ1n) is 5.46. The molecule has 1 atom stereocenters. The van der Waals surface area contributed by atoms with Crippen molar-refractivity contribution in [2.24, 2.45) is 10.9 Å². The number of carbonyl (C=O) groups excluding carboxylic acids is 1. The van der Waals surface area contributed by atoms with Gasteiger partial charge in [0.25, 0.3) is 0 Å². The van der Waals surface area contributed by atoms with E-state index in [4.69, 9.17) is 19.2 Å². The topological polar surface area (TPSA) is 94.0 Å². The normalized spacial score (nSPS) is 21.4. The maximum atomic E-state index is 11.7. The summed E-state index contributed by atoms with van der Waals surface area (Å²) in [5.74, 6) is -0.0305. The predicted molar refractivity (Wildman–Crippen MR) is 67.6 cm³/mol. The molecule has 4 N–H and O–H groups in total. The minimum Gasteiger partial charge on any atom is -0.339 e. The third kappa shape index (κ3) is 3.30. The Bertz CT molecular complexity index is 265. The molecule has 0 aromatic carbocycles. The molecule has 1 amide bonds. The zero-order valence-electron chi connectivity index (χ0n) is 10.6. The van der Waals surface area contributed by atoms with Gasteiger partial charge in [0.05, 0.1) is 20.3 Å². The Morgan fingerprint density at radius 2 is 1.71 bits per heavy atom. The van der Waals surface area contributed by atoms with Gasteiger partial charge in [-0.2, -0.15) is 4.31 Å². The van der Waals surface area contributed by atoms with E-state index >= 15 is 0 Å². The molecule has 0 aromatic heterocycles. The van der Waals surface area contributed by atoms with Crippen molar-refractivity contribution in [3.8, 4) is 0 Å². The summed E-state index contributed by atoms with van der Waals surface area (Å²) in [6.07, 6.45) is 0. The number of rotatable bonds is 4. The van der Waals surface area contributed by atoms with Gasteiger partial charge in [-0.05, 0) is 6.92 Å². The average molecular weight is 266 g/mol. The van der Waals surface area contributed by atoms with E-state index in [0.29, 0.717) is 26.2 Å². The lowest BCUT2D eigenvalue weighted by atomic mass is 10.2. The lowest BCUT2D eigenvalue weighted by Crippen LogP contribution is -2.54. The first-order valence-corrected chi connectivity index (χ1v) is 6.96. The summed E-state index contributed by atoms with van der Waals surface area (Å²) in [7, 11) is 0.930. The van der Waals surface area contributed by atoms with Gasteiger partial charge in [0.15, 0.2) is 0 Å². The SMILES string of the molecule is COS(N)(OC)N1CCN(C(=O)[C@H](C)N)CC1. The van der Waals surface area contributed by atoms with Gasteiger partial charge < -0.3 is 10.6 Å². The van der Waals surface area contributed by atoms with Crippen molar-refractivity contribution in [3.05, 3.63) is 0 Å². The molecule has 0 unspecified atom stereocenters. The molecule has 0 spiro atoms. The molecule has 0 bridgehead atoms. The fourth-order valence-electron chi connectivity index (χ4n) is 1.73. The van der Waals surface area contributed by atoms with Crippen LogP contribution in [0.3, 0.4) is 0 Å². The summed E-state index contributed by atoms with van der Waals surface area (Å²) < 4.78 is 12.3. The van der Waals surface area contributed by atoms with Crippen LogP contribution in [0.5, 0.6) is 0 Å². The van der Waals surface area contributed by atoms with Gasteiger partial charge in [0.1, 0.15) is 0 Å². The van der Waals surface area contributed by atoms with Gasteiger partial charge >= 0.3 is 0 Å². The third-order valence-electron chi connectivity index (χ3n) is 2.78. The van der Waals surface area contributed by atoms with Gasteiger partial charge in [-0.1, -0.05) is 11.0 Å². The Labute approximate surface area is 104 Å². The summed E-state index contributed by atoms with van der Waals surface area (Å²) in [4.78, 5) is 13.4. The molecule has 8 heteroatoms. The summed E-state index contributed by atoms with van der Waals surface area (Å²) in [6.45, 7) is 4.15. The quantitative estimate of drug-likeness (QED) is 0.691. The zero-order chi connectivity index (χ0) is 13.1. The highest BCUT2D eigenvalue weighted by Crippen LogP contribution is 2.44. The smallest absolute Gasteiger partial charge is 0.239 e. The Balaban J connectivity index is 2.54. The fourth-order valence-corrected chi connectivity index (χ4v) is 2.96. The largest absolute Gasteiger partial charge is 0.339 e. The number of nitrogens with zero attached hydrogens (tertiary/aromatic N) is 2. The second-order valence-corrected chi connectivity index (χ2v) is 6.10. The highest BCUT2D eigenvalue weighted by Gasteiger charge is 2.30. The third-order valence-corrected chi connectivity index (χ3v) is 4.82. The van der Waals surface area contributed by atoms with Crippen LogP contribution in [0.4, 0.5) is 0 Å². The Morgan fingerprint density at radius 1 is 1.24 bits per heavy atom. The van der Waals surface area contributed by atoms with Gasteiger partial charge in [-0.3, -0.25) is 13.2 Å². The van der Waals surface area contributed by atoms with E-state index in [1.165, 1.54) is 14.2 Å². The number of carbonyl (C=O) groups is 1. The second-order valence-electron chi connectivity index (χ2n) is 3.89. The van der Waals surface area contributed by atoms with Crippen molar-refractivity contribution < 1.29 is 13.2 Å². The van der Waals surface area contributed by atoms with Gasteiger partial charge in [-0.25, -0.2) is 5.14 Å². The van der Waals surface area contributed by atoms with Crippen molar-refractivity contribution in [3.63, 3.8) is 0 Å². The number of hydrogen-bond donors (Lipinski definition) is 2. The molecule has 0 saturated carbocycles. The molecule has 7 nitrogen and oxygen atoms in total. The van der Waals surface area contributed by atoms with Crippen molar-refractivity contribution in [1.29, 1.82) is 0 Å². The Morgan fingerprint density at radius 3 is 2.06 bits per heavy atom. The average Bonchev–Trinajstić information content (AvgIpc) is 2.37. The first-order chi connectivity index (χ1) is 7.94. The molecule has 1 saturated heterocycles. The van der Waals surface area contributed by atoms with Gasteiger partial charge in [-0.15, -0.1) is 0 Å². The summed E-state index contributed by atoms with van der Waals surface area (Å²) in [6, 6.07) is -0.457. The van der Waals surface area contributed by atoms with E-state index in [0.717, 1.165) is 0 Å². The first kappa shape index (κ1) is 14.7. The molecule has 17 heavy (non-hydrogen) atoms. The van der Waals surface area contributed by atoms with Crippen LogP contribution in [0.15, 0.2) is 0 Å². The Kier molecular flexibility index (Phi) is 5.17. The molecule has 1 fully saturated rings. The molecule has 102 valence electrons. The molecular weight excluding hydrogens is 244 g/mol. The standard InChI is InChI=1S/C9H22N4O3S/c1-8(10)9(14)12-4-6-13(7-5-12)17(11,15-2)16-3/h8H,4-7,10-11H2,1-3H3/t8-/m0/s1. The summed E-state index contributed by atoms with van der Waals surface area (Å²) in [5.41, 5.74) is 5.57. The lowest BCUT2D eigenvalue weighted by Gasteiger charge is -2.48. The van der Waals surface area contributed by atoms with E-state index in [1.54, 1.807) is 11.8 Å². The molecule has 0 radical (unpaired) electrons.